The molecule has 1 aromatic carbocycles. The fourth-order valence-electron chi connectivity index (χ4n) is 1.15. The van der Waals surface area contributed by atoms with Gasteiger partial charge in [-0.2, -0.15) is 0 Å². The van der Waals surface area contributed by atoms with E-state index in [1.807, 2.05) is 0 Å². The molecule has 0 saturated heterocycles. The minimum absolute atomic E-state index is 0.179. The number of aryl methyl sites for hydroxylation is 1. The predicted molar refractivity (Wildman–Crippen MR) is 56.4 cm³/mol. The fourth-order valence-corrected chi connectivity index (χ4v) is 1.58. The van der Waals surface area contributed by atoms with E-state index in [1.54, 1.807) is 18.2 Å². The van der Waals surface area contributed by atoms with Crippen molar-refractivity contribution < 1.29 is 15.0 Å². The van der Waals surface area contributed by atoms with Crippen molar-refractivity contribution in [2.75, 3.05) is 0 Å². The van der Waals surface area contributed by atoms with Gasteiger partial charge in [-0.25, -0.2) is 0 Å². The molecule has 76 valence electrons. The van der Waals surface area contributed by atoms with Crippen LogP contribution in [0.4, 0.5) is 0 Å². The SMILES string of the molecule is O=C(O)CCCc1ccc(O)c(Br)c1. The average Bonchev–Trinajstić information content (AvgIpc) is 2.10. The zero-order chi connectivity index (χ0) is 10.6. The Bertz CT molecular complexity index is 336. The van der Waals surface area contributed by atoms with E-state index in [0.717, 1.165) is 5.56 Å². The summed E-state index contributed by atoms with van der Waals surface area (Å²) in [6.45, 7) is 0. The second kappa shape index (κ2) is 5.00. The quantitative estimate of drug-likeness (QED) is 0.873. The lowest BCUT2D eigenvalue weighted by Crippen LogP contribution is -1.95. The average molecular weight is 259 g/mol. The van der Waals surface area contributed by atoms with Crippen molar-refractivity contribution >= 4 is 21.9 Å². The molecule has 2 N–H and O–H groups in total. The largest absolute Gasteiger partial charge is 0.507 e. The first-order valence-corrected chi connectivity index (χ1v) is 5.08. The van der Waals surface area contributed by atoms with Crippen molar-refractivity contribution in [3.05, 3.63) is 28.2 Å². The molecule has 0 unspecified atom stereocenters. The maximum absolute atomic E-state index is 10.3. The number of carboxylic acids is 1. The van der Waals surface area contributed by atoms with Gasteiger partial charge in [0.15, 0.2) is 0 Å². The first-order valence-electron chi connectivity index (χ1n) is 4.29. The van der Waals surface area contributed by atoms with E-state index in [2.05, 4.69) is 15.9 Å². The molecular formula is C10H11BrO3. The zero-order valence-electron chi connectivity index (χ0n) is 7.53. The Kier molecular flexibility index (Phi) is 3.95. The number of carboxylic acid groups (broad SMARTS) is 1. The number of carbonyl (C=O) groups is 1. The van der Waals surface area contributed by atoms with Crippen molar-refractivity contribution in [1.82, 2.24) is 0 Å². The number of hydrogen-bond acceptors (Lipinski definition) is 2. The van der Waals surface area contributed by atoms with Crippen LogP contribution in [0.2, 0.25) is 0 Å². The van der Waals surface area contributed by atoms with Crippen molar-refractivity contribution in [1.29, 1.82) is 0 Å². The molecule has 0 heterocycles. The van der Waals surface area contributed by atoms with Gasteiger partial charge in [-0.15, -0.1) is 0 Å². The summed E-state index contributed by atoms with van der Waals surface area (Å²) < 4.78 is 0.644. The Balaban J connectivity index is 2.51. The molecule has 14 heavy (non-hydrogen) atoms. The molecule has 3 nitrogen and oxygen atoms in total. The first kappa shape index (κ1) is 11.0. The van der Waals surface area contributed by atoms with Crippen molar-refractivity contribution in [3.63, 3.8) is 0 Å². The molecule has 0 aliphatic heterocycles. The lowest BCUT2D eigenvalue weighted by Gasteiger charge is -2.02. The molecule has 0 fully saturated rings. The van der Waals surface area contributed by atoms with E-state index in [9.17, 15) is 9.90 Å². The molecule has 0 bridgehead atoms. The summed E-state index contributed by atoms with van der Waals surface area (Å²) in [6, 6.07) is 5.19. The molecular weight excluding hydrogens is 248 g/mol. The number of phenols is 1. The number of aliphatic carboxylic acids is 1. The Morgan fingerprint density at radius 3 is 2.71 bits per heavy atom. The lowest BCUT2D eigenvalue weighted by atomic mass is 10.1. The molecule has 4 heteroatoms. The molecule has 0 radical (unpaired) electrons. The van der Waals surface area contributed by atoms with Gasteiger partial charge < -0.3 is 10.2 Å². The Labute approximate surface area is 90.5 Å². The third kappa shape index (κ3) is 3.38. The molecule has 0 saturated carbocycles. The molecule has 0 amide bonds. The van der Waals surface area contributed by atoms with Crippen molar-refractivity contribution in [2.24, 2.45) is 0 Å². The summed E-state index contributed by atoms with van der Waals surface area (Å²) in [5, 5.41) is 17.7. The van der Waals surface area contributed by atoms with E-state index in [-0.39, 0.29) is 12.2 Å². The molecule has 0 atom stereocenters. The summed E-state index contributed by atoms with van der Waals surface area (Å²) in [5.41, 5.74) is 1.02. The van der Waals surface area contributed by atoms with E-state index in [4.69, 9.17) is 5.11 Å². The van der Waals surface area contributed by atoms with Gasteiger partial charge in [0.05, 0.1) is 4.47 Å². The number of halogens is 1. The molecule has 0 aliphatic rings. The summed E-state index contributed by atoms with van der Waals surface area (Å²) in [7, 11) is 0. The van der Waals surface area contributed by atoms with Crippen LogP contribution in [0.1, 0.15) is 18.4 Å². The number of aromatic hydroxyl groups is 1. The second-order valence-corrected chi connectivity index (χ2v) is 3.89. The van der Waals surface area contributed by atoms with Crippen LogP contribution in [0.25, 0.3) is 0 Å². The van der Waals surface area contributed by atoms with Crippen molar-refractivity contribution in [2.45, 2.75) is 19.3 Å². The van der Waals surface area contributed by atoms with Crippen LogP contribution in [0.3, 0.4) is 0 Å². The zero-order valence-corrected chi connectivity index (χ0v) is 9.12. The Morgan fingerprint density at radius 2 is 2.14 bits per heavy atom. The summed E-state index contributed by atoms with van der Waals surface area (Å²) in [4.78, 5) is 10.3. The summed E-state index contributed by atoms with van der Waals surface area (Å²) in [6.07, 6.45) is 1.51. The minimum atomic E-state index is -0.775. The highest BCUT2D eigenvalue weighted by Gasteiger charge is 2.01. The highest BCUT2D eigenvalue weighted by atomic mass is 79.9. The van der Waals surface area contributed by atoms with Crippen LogP contribution in [0.15, 0.2) is 22.7 Å². The third-order valence-corrected chi connectivity index (χ3v) is 2.50. The maximum Gasteiger partial charge on any atom is 0.303 e. The third-order valence-electron chi connectivity index (χ3n) is 1.87. The van der Waals surface area contributed by atoms with Gasteiger partial charge in [0, 0.05) is 6.42 Å². The standard InChI is InChI=1S/C10H11BrO3/c11-8-6-7(4-5-9(8)12)2-1-3-10(13)14/h4-6,12H,1-3H2,(H,13,14). The Morgan fingerprint density at radius 1 is 1.43 bits per heavy atom. The van der Waals surface area contributed by atoms with Gasteiger partial charge >= 0.3 is 5.97 Å². The predicted octanol–water partition coefficient (Wildman–Crippen LogP) is 2.56. The van der Waals surface area contributed by atoms with Crippen LogP contribution in [-0.4, -0.2) is 16.2 Å². The van der Waals surface area contributed by atoms with Gasteiger partial charge in [-0.05, 0) is 46.5 Å². The van der Waals surface area contributed by atoms with Crippen LogP contribution >= 0.6 is 15.9 Å². The van der Waals surface area contributed by atoms with Crippen LogP contribution in [0, 0.1) is 0 Å². The Hall–Kier alpha value is -1.03. The fraction of sp³-hybridized carbons (Fsp3) is 0.300. The lowest BCUT2D eigenvalue weighted by molar-refractivity contribution is -0.137. The number of hydrogen-bond donors (Lipinski definition) is 2. The monoisotopic (exact) mass is 258 g/mol. The second-order valence-electron chi connectivity index (χ2n) is 3.03. The number of benzene rings is 1. The van der Waals surface area contributed by atoms with E-state index in [0.29, 0.717) is 17.3 Å². The van der Waals surface area contributed by atoms with E-state index >= 15 is 0 Å². The number of rotatable bonds is 4. The topological polar surface area (TPSA) is 57.5 Å². The molecule has 1 rings (SSSR count). The van der Waals surface area contributed by atoms with Gasteiger partial charge in [-0.1, -0.05) is 6.07 Å². The highest BCUT2D eigenvalue weighted by Crippen LogP contribution is 2.24. The van der Waals surface area contributed by atoms with Crippen LogP contribution in [0.5, 0.6) is 5.75 Å². The molecule has 1 aromatic rings. The highest BCUT2D eigenvalue weighted by molar-refractivity contribution is 9.10. The number of phenolic OH excluding ortho intramolecular Hbond substituents is 1. The van der Waals surface area contributed by atoms with Gasteiger partial charge in [-0.3, -0.25) is 4.79 Å². The van der Waals surface area contributed by atoms with Gasteiger partial charge in [0.2, 0.25) is 0 Å². The van der Waals surface area contributed by atoms with Crippen LogP contribution < -0.4 is 0 Å². The maximum atomic E-state index is 10.3. The first-order chi connectivity index (χ1) is 6.59. The summed E-state index contributed by atoms with van der Waals surface area (Å²) in [5.74, 6) is -0.574. The summed E-state index contributed by atoms with van der Waals surface area (Å²) >= 11 is 3.20. The van der Waals surface area contributed by atoms with Gasteiger partial charge in [0.1, 0.15) is 5.75 Å². The molecule has 0 aliphatic carbocycles. The normalized spacial score (nSPS) is 10.1. The molecule has 0 spiro atoms. The van der Waals surface area contributed by atoms with Crippen molar-refractivity contribution in [3.8, 4) is 5.75 Å². The van der Waals surface area contributed by atoms with Gasteiger partial charge in [0.25, 0.3) is 0 Å². The van der Waals surface area contributed by atoms with Crippen LogP contribution in [-0.2, 0) is 11.2 Å². The van der Waals surface area contributed by atoms with E-state index < -0.39 is 5.97 Å². The van der Waals surface area contributed by atoms with E-state index in [1.165, 1.54) is 0 Å². The smallest absolute Gasteiger partial charge is 0.303 e. The molecule has 0 aromatic heterocycles. The minimum Gasteiger partial charge on any atom is -0.507 e.